The summed E-state index contributed by atoms with van der Waals surface area (Å²) in [5.74, 6) is 1.42. The summed E-state index contributed by atoms with van der Waals surface area (Å²) >= 11 is 0. The number of para-hydroxylation sites is 1. The fourth-order valence-electron chi connectivity index (χ4n) is 1.85. The molecule has 0 spiro atoms. The van der Waals surface area contributed by atoms with Crippen molar-refractivity contribution in [3.63, 3.8) is 0 Å². The molecule has 0 aliphatic heterocycles. The molecule has 4 nitrogen and oxygen atoms in total. The minimum atomic E-state index is 0.527. The Morgan fingerprint density at radius 1 is 1.28 bits per heavy atom. The maximum absolute atomic E-state index is 5.68. The van der Waals surface area contributed by atoms with Gasteiger partial charge in [0.05, 0.1) is 7.11 Å². The van der Waals surface area contributed by atoms with Crippen molar-refractivity contribution in [2.75, 3.05) is 24.8 Å². The van der Waals surface area contributed by atoms with Gasteiger partial charge in [0.2, 0.25) is 0 Å². The van der Waals surface area contributed by atoms with Gasteiger partial charge in [-0.05, 0) is 12.1 Å². The Hall–Kier alpha value is -2.23. The molecule has 2 N–H and O–H groups in total. The zero-order chi connectivity index (χ0) is 13.0. The van der Waals surface area contributed by atoms with Crippen molar-refractivity contribution in [1.29, 1.82) is 0 Å². The molecule has 0 fully saturated rings. The number of pyridine rings is 1. The second kappa shape index (κ2) is 5.40. The molecule has 0 aliphatic rings. The number of nitrogen functional groups attached to an aromatic ring is 1. The molecule has 1 heterocycles. The predicted molar refractivity (Wildman–Crippen MR) is 73.8 cm³/mol. The molecule has 0 radical (unpaired) electrons. The molecule has 0 saturated carbocycles. The summed E-state index contributed by atoms with van der Waals surface area (Å²) in [7, 11) is 3.70. The van der Waals surface area contributed by atoms with Crippen molar-refractivity contribution in [1.82, 2.24) is 4.98 Å². The number of anilines is 2. The van der Waals surface area contributed by atoms with Crippen LogP contribution in [0.1, 0.15) is 5.56 Å². The van der Waals surface area contributed by atoms with E-state index in [-0.39, 0.29) is 0 Å². The van der Waals surface area contributed by atoms with E-state index in [2.05, 4.69) is 16.0 Å². The maximum atomic E-state index is 5.68. The van der Waals surface area contributed by atoms with E-state index in [9.17, 15) is 0 Å². The first kappa shape index (κ1) is 12.2. The molecule has 18 heavy (non-hydrogen) atoms. The highest BCUT2D eigenvalue weighted by Gasteiger charge is 2.06. The van der Waals surface area contributed by atoms with E-state index in [1.807, 2.05) is 37.4 Å². The van der Waals surface area contributed by atoms with Crippen LogP contribution in [0.5, 0.6) is 5.75 Å². The van der Waals surface area contributed by atoms with Crippen LogP contribution in [0.15, 0.2) is 42.6 Å². The SMILES string of the molecule is COc1ccccc1CN(C)c1ccnc(N)c1. The zero-order valence-corrected chi connectivity index (χ0v) is 10.6. The van der Waals surface area contributed by atoms with Gasteiger partial charge in [-0.25, -0.2) is 4.98 Å². The van der Waals surface area contributed by atoms with Gasteiger partial charge in [-0.15, -0.1) is 0 Å². The highest BCUT2D eigenvalue weighted by Crippen LogP contribution is 2.22. The van der Waals surface area contributed by atoms with E-state index in [1.54, 1.807) is 13.3 Å². The lowest BCUT2D eigenvalue weighted by Gasteiger charge is -2.20. The zero-order valence-electron chi connectivity index (χ0n) is 10.6. The third-order valence-corrected chi connectivity index (χ3v) is 2.81. The smallest absolute Gasteiger partial charge is 0.125 e. The molecule has 94 valence electrons. The molecule has 1 aromatic carbocycles. The van der Waals surface area contributed by atoms with Gasteiger partial charge in [-0.1, -0.05) is 18.2 Å². The monoisotopic (exact) mass is 243 g/mol. The van der Waals surface area contributed by atoms with Crippen LogP contribution >= 0.6 is 0 Å². The molecule has 0 bridgehead atoms. The van der Waals surface area contributed by atoms with Gasteiger partial charge in [-0.3, -0.25) is 0 Å². The highest BCUT2D eigenvalue weighted by atomic mass is 16.5. The number of rotatable bonds is 4. The first-order valence-corrected chi connectivity index (χ1v) is 5.75. The van der Waals surface area contributed by atoms with E-state index in [4.69, 9.17) is 10.5 Å². The largest absolute Gasteiger partial charge is 0.496 e. The first-order valence-electron chi connectivity index (χ1n) is 5.75. The van der Waals surface area contributed by atoms with Crippen molar-refractivity contribution in [3.05, 3.63) is 48.2 Å². The van der Waals surface area contributed by atoms with Gasteiger partial charge in [0.25, 0.3) is 0 Å². The van der Waals surface area contributed by atoms with E-state index in [0.717, 1.165) is 23.5 Å². The van der Waals surface area contributed by atoms with Gasteiger partial charge >= 0.3 is 0 Å². The van der Waals surface area contributed by atoms with E-state index >= 15 is 0 Å². The predicted octanol–water partition coefficient (Wildman–Crippen LogP) is 2.31. The molecule has 2 aromatic rings. The number of hydrogen-bond donors (Lipinski definition) is 1. The van der Waals surface area contributed by atoms with E-state index < -0.39 is 0 Å². The van der Waals surface area contributed by atoms with Crippen LogP contribution in [0, 0.1) is 0 Å². The summed E-state index contributed by atoms with van der Waals surface area (Å²) in [4.78, 5) is 6.10. The number of ether oxygens (including phenoxy) is 1. The van der Waals surface area contributed by atoms with Crippen LogP contribution < -0.4 is 15.4 Å². The van der Waals surface area contributed by atoms with Crippen molar-refractivity contribution in [2.24, 2.45) is 0 Å². The van der Waals surface area contributed by atoms with Gasteiger partial charge in [0.1, 0.15) is 11.6 Å². The molecule has 1 aromatic heterocycles. The fraction of sp³-hybridized carbons (Fsp3) is 0.214. The van der Waals surface area contributed by atoms with Crippen molar-refractivity contribution >= 4 is 11.5 Å². The van der Waals surface area contributed by atoms with Gasteiger partial charge in [0, 0.05) is 37.1 Å². The Morgan fingerprint density at radius 3 is 2.78 bits per heavy atom. The third-order valence-electron chi connectivity index (χ3n) is 2.81. The second-order valence-electron chi connectivity index (χ2n) is 4.11. The summed E-state index contributed by atoms with van der Waals surface area (Å²) in [6, 6.07) is 11.8. The molecule has 0 unspecified atom stereocenters. The first-order chi connectivity index (χ1) is 8.70. The Bertz CT molecular complexity index is 528. The molecule has 2 rings (SSSR count). The Kier molecular flexibility index (Phi) is 3.67. The van der Waals surface area contributed by atoms with Crippen molar-refractivity contribution in [2.45, 2.75) is 6.54 Å². The minimum Gasteiger partial charge on any atom is -0.496 e. The number of hydrogen-bond acceptors (Lipinski definition) is 4. The Labute approximate surface area is 107 Å². The lowest BCUT2D eigenvalue weighted by molar-refractivity contribution is 0.409. The summed E-state index contributed by atoms with van der Waals surface area (Å²) in [6.45, 7) is 0.757. The summed E-state index contributed by atoms with van der Waals surface area (Å²) in [5.41, 5.74) is 7.86. The van der Waals surface area contributed by atoms with Gasteiger partial charge in [-0.2, -0.15) is 0 Å². The van der Waals surface area contributed by atoms with E-state index in [1.165, 1.54) is 0 Å². The van der Waals surface area contributed by atoms with Gasteiger partial charge in [0.15, 0.2) is 0 Å². The molecule has 0 saturated heterocycles. The average Bonchev–Trinajstić information content (AvgIpc) is 2.39. The molecule has 0 aliphatic carbocycles. The average molecular weight is 243 g/mol. The fourth-order valence-corrected chi connectivity index (χ4v) is 1.85. The van der Waals surface area contributed by atoms with Gasteiger partial charge < -0.3 is 15.4 Å². The van der Waals surface area contributed by atoms with Crippen molar-refractivity contribution < 1.29 is 4.74 Å². The number of benzene rings is 1. The Morgan fingerprint density at radius 2 is 2.06 bits per heavy atom. The second-order valence-corrected chi connectivity index (χ2v) is 4.11. The summed E-state index contributed by atoms with van der Waals surface area (Å²) in [5, 5.41) is 0. The van der Waals surface area contributed by atoms with Crippen LogP contribution in [0.2, 0.25) is 0 Å². The quantitative estimate of drug-likeness (QED) is 0.895. The van der Waals surface area contributed by atoms with Crippen LogP contribution in [-0.2, 0) is 6.54 Å². The lowest BCUT2D eigenvalue weighted by Crippen LogP contribution is -2.17. The highest BCUT2D eigenvalue weighted by molar-refractivity contribution is 5.52. The lowest BCUT2D eigenvalue weighted by atomic mass is 10.2. The van der Waals surface area contributed by atoms with E-state index in [0.29, 0.717) is 5.82 Å². The summed E-state index contributed by atoms with van der Waals surface area (Å²) < 4.78 is 5.34. The molecular weight excluding hydrogens is 226 g/mol. The number of methoxy groups -OCH3 is 1. The summed E-state index contributed by atoms with van der Waals surface area (Å²) in [6.07, 6.45) is 1.71. The van der Waals surface area contributed by atoms with Crippen LogP contribution in [-0.4, -0.2) is 19.1 Å². The standard InChI is InChI=1S/C14H17N3O/c1-17(12-7-8-16-14(15)9-12)10-11-5-3-4-6-13(11)18-2/h3-9H,10H2,1-2H3,(H2,15,16). The van der Waals surface area contributed by atoms with Crippen LogP contribution in [0.25, 0.3) is 0 Å². The number of nitrogens with two attached hydrogens (primary N) is 1. The Balaban J connectivity index is 2.18. The van der Waals surface area contributed by atoms with Crippen LogP contribution in [0.4, 0.5) is 11.5 Å². The number of nitrogens with zero attached hydrogens (tertiary/aromatic N) is 2. The normalized spacial score (nSPS) is 10.1. The third kappa shape index (κ3) is 2.71. The molecular formula is C14H17N3O. The number of aromatic nitrogens is 1. The van der Waals surface area contributed by atoms with Crippen LogP contribution in [0.3, 0.4) is 0 Å². The topological polar surface area (TPSA) is 51.4 Å². The molecule has 0 atom stereocenters. The molecule has 4 heteroatoms. The maximum Gasteiger partial charge on any atom is 0.125 e. The minimum absolute atomic E-state index is 0.527. The molecule has 0 amide bonds. The van der Waals surface area contributed by atoms with Crippen molar-refractivity contribution in [3.8, 4) is 5.75 Å².